The number of benzene rings is 1. The number of ether oxygens (including phenoxy) is 2. The van der Waals surface area contributed by atoms with Crippen LogP contribution in [-0.4, -0.2) is 22.9 Å². The molecule has 1 unspecified atom stereocenters. The summed E-state index contributed by atoms with van der Waals surface area (Å²) in [5.74, 6) is 2.43. The highest BCUT2D eigenvalue weighted by atomic mass is 16.7. The Morgan fingerprint density at radius 2 is 1.96 bits per heavy atom. The SMILES string of the molecule is CC(C)Cc1n[nH]c2c1C(C1CCCCC1)N(c1ccc3c(c1)OCO3)C2=O. The predicted octanol–water partition coefficient (Wildman–Crippen LogP) is 4.62. The van der Waals surface area contributed by atoms with Gasteiger partial charge in [0.2, 0.25) is 6.79 Å². The van der Waals surface area contributed by atoms with Gasteiger partial charge < -0.3 is 9.47 Å². The van der Waals surface area contributed by atoms with Crippen LogP contribution in [0.2, 0.25) is 0 Å². The number of rotatable bonds is 4. The number of amides is 1. The van der Waals surface area contributed by atoms with E-state index in [1.54, 1.807) is 0 Å². The molecule has 0 radical (unpaired) electrons. The Morgan fingerprint density at radius 1 is 1.18 bits per heavy atom. The average Bonchev–Trinajstić information content (AvgIpc) is 3.38. The van der Waals surface area contributed by atoms with Crippen LogP contribution in [0.5, 0.6) is 11.5 Å². The van der Waals surface area contributed by atoms with E-state index in [9.17, 15) is 4.79 Å². The highest BCUT2D eigenvalue weighted by Crippen LogP contribution is 2.48. The lowest BCUT2D eigenvalue weighted by Crippen LogP contribution is -2.34. The Morgan fingerprint density at radius 3 is 2.75 bits per heavy atom. The molecular weight excluding hydrogens is 354 g/mol. The molecule has 1 fully saturated rings. The zero-order chi connectivity index (χ0) is 19.3. The van der Waals surface area contributed by atoms with Crippen LogP contribution >= 0.6 is 0 Å². The lowest BCUT2D eigenvalue weighted by molar-refractivity contribution is 0.0977. The molecule has 1 aliphatic carbocycles. The fraction of sp³-hybridized carbons (Fsp3) is 0.545. The third kappa shape index (κ3) is 2.77. The molecule has 0 saturated heterocycles. The van der Waals surface area contributed by atoms with Gasteiger partial charge in [0.1, 0.15) is 5.69 Å². The number of anilines is 1. The number of aromatic amines is 1. The van der Waals surface area contributed by atoms with Crippen LogP contribution in [0, 0.1) is 11.8 Å². The zero-order valence-electron chi connectivity index (χ0n) is 16.5. The molecule has 0 spiro atoms. The number of carbonyl (C=O) groups is 1. The Labute approximate surface area is 165 Å². The van der Waals surface area contributed by atoms with Gasteiger partial charge in [0.05, 0.1) is 11.7 Å². The van der Waals surface area contributed by atoms with Crippen molar-refractivity contribution >= 4 is 11.6 Å². The molecule has 1 saturated carbocycles. The van der Waals surface area contributed by atoms with E-state index in [4.69, 9.17) is 9.47 Å². The van der Waals surface area contributed by atoms with E-state index in [1.165, 1.54) is 19.3 Å². The first-order valence-electron chi connectivity index (χ1n) is 10.4. The fourth-order valence-electron chi connectivity index (χ4n) is 5.00. The number of hydrogen-bond acceptors (Lipinski definition) is 4. The normalized spacial score (nSPS) is 21.6. The average molecular weight is 381 g/mol. The second kappa shape index (κ2) is 6.83. The van der Waals surface area contributed by atoms with Crippen LogP contribution in [0.1, 0.15) is 73.7 Å². The summed E-state index contributed by atoms with van der Waals surface area (Å²) in [5.41, 5.74) is 3.73. The van der Waals surface area contributed by atoms with Gasteiger partial charge >= 0.3 is 0 Å². The Kier molecular flexibility index (Phi) is 4.29. The zero-order valence-corrected chi connectivity index (χ0v) is 16.5. The third-order valence-corrected chi connectivity index (χ3v) is 6.22. The standard InChI is InChI=1S/C22H27N3O3/c1-13(2)10-16-19-20(24-23-16)22(26)25(21(19)14-6-4-3-5-7-14)15-8-9-17-18(11-15)28-12-27-17/h8-9,11,13-14,21H,3-7,10,12H2,1-2H3,(H,23,24). The van der Waals surface area contributed by atoms with Crippen molar-refractivity contribution in [3.63, 3.8) is 0 Å². The number of hydrogen-bond donors (Lipinski definition) is 1. The fourth-order valence-corrected chi connectivity index (χ4v) is 5.00. The van der Waals surface area contributed by atoms with Crippen LogP contribution in [-0.2, 0) is 6.42 Å². The van der Waals surface area contributed by atoms with Crippen LogP contribution in [0.25, 0.3) is 0 Å². The van der Waals surface area contributed by atoms with Crippen molar-refractivity contribution in [1.82, 2.24) is 10.2 Å². The van der Waals surface area contributed by atoms with Gasteiger partial charge in [-0.15, -0.1) is 0 Å². The minimum atomic E-state index is 0.0203. The van der Waals surface area contributed by atoms with E-state index in [-0.39, 0.29) is 18.7 Å². The van der Waals surface area contributed by atoms with Crippen LogP contribution in [0.4, 0.5) is 5.69 Å². The molecule has 1 atom stereocenters. The summed E-state index contributed by atoms with van der Waals surface area (Å²) in [4.78, 5) is 15.4. The van der Waals surface area contributed by atoms with Crippen LogP contribution < -0.4 is 14.4 Å². The van der Waals surface area contributed by atoms with Crippen LogP contribution in [0.15, 0.2) is 18.2 Å². The molecule has 3 heterocycles. The van der Waals surface area contributed by atoms with Gasteiger partial charge in [-0.05, 0) is 43.2 Å². The second-order valence-corrected chi connectivity index (χ2v) is 8.61. The predicted molar refractivity (Wildman–Crippen MR) is 106 cm³/mol. The van der Waals surface area contributed by atoms with E-state index in [0.29, 0.717) is 23.3 Å². The van der Waals surface area contributed by atoms with Gasteiger partial charge in [0.25, 0.3) is 5.91 Å². The third-order valence-electron chi connectivity index (χ3n) is 6.22. The summed E-state index contributed by atoms with van der Waals surface area (Å²) in [5, 5.41) is 7.61. The number of fused-ring (bicyclic) bond motifs is 2. The first-order valence-corrected chi connectivity index (χ1v) is 10.4. The molecule has 28 heavy (non-hydrogen) atoms. The number of H-pyrrole nitrogens is 1. The molecule has 5 rings (SSSR count). The van der Waals surface area contributed by atoms with Crippen molar-refractivity contribution < 1.29 is 14.3 Å². The topological polar surface area (TPSA) is 67.5 Å². The van der Waals surface area contributed by atoms with Crippen LogP contribution in [0.3, 0.4) is 0 Å². The van der Waals surface area contributed by atoms with Crippen molar-refractivity contribution in [3.8, 4) is 11.5 Å². The summed E-state index contributed by atoms with van der Waals surface area (Å²) in [6, 6.07) is 5.87. The van der Waals surface area contributed by atoms with Crippen molar-refractivity contribution in [2.75, 3.05) is 11.7 Å². The number of nitrogens with one attached hydrogen (secondary N) is 1. The molecule has 6 nitrogen and oxygen atoms in total. The lowest BCUT2D eigenvalue weighted by atomic mass is 9.80. The molecule has 3 aliphatic rings. The van der Waals surface area contributed by atoms with Gasteiger partial charge in [-0.25, -0.2) is 0 Å². The van der Waals surface area contributed by atoms with Crippen molar-refractivity contribution in [1.29, 1.82) is 0 Å². The summed E-state index contributed by atoms with van der Waals surface area (Å²) in [6.45, 7) is 4.63. The molecule has 0 bridgehead atoms. The first kappa shape index (κ1) is 17.6. The maximum atomic E-state index is 13.4. The highest BCUT2D eigenvalue weighted by molar-refractivity contribution is 6.10. The monoisotopic (exact) mass is 381 g/mol. The molecule has 1 aromatic carbocycles. The Hall–Kier alpha value is -2.50. The first-order chi connectivity index (χ1) is 13.6. The molecule has 6 heteroatoms. The molecule has 2 aromatic rings. The summed E-state index contributed by atoms with van der Waals surface area (Å²) < 4.78 is 11.0. The van der Waals surface area contributed by atoms with Gasteiger partial charge in [0.15, 0.2) is 11.5 Å². The largest absolute Gasteiger partial charge is 0.454 e. The van der Waals surface area contributed by atoms with E-state index in [0.717, 1.165) is 42.0 Å². The van der Waals surface area contributed by atoms with Gasteiger partial charge in [0, 0.05) is 17.3 Å². The molecule has 1 amide bonds. The van der Waals surface area contributed by atoms with E-state index in [2.05, 4.69) is 24.0 Å². The number of aromatic nitrogens is 2. The second-order valence-electron chi connectivity index (χ2n) is 8.61. The van der Waals surface area contributed by atoms with Gasteiger partial charge in [-0.1, -0.05) is 33.1 Å². The smallest absolute Gasteiger partial charge is 0.277 e. The lowest BCUT2D eigenvalue weighted by Gasteiger charge is -2.35. The summed E-state index contributed by atoms with van der Waals surface area (Å²) in [7, 11) is 0. The van der Waals surface area contributed by atoms with Crippen molar-refractivity contribution in [3.05, 3.63) is 35.2 Å². The minimum absolute atomic E-state index is 0.0203. The summed E-state index contributed by atoms with van der Waals surface area (Å²) >= 11 is 0. The minimum Gasteiger partial charge on any atom is -0.454 e. The van der Waals surface area contributed by atoms with Crippen molar-refractivity contribution in [2.45, 2.75) is 58.4 Å². The maximum absolute atomic E-state index is 13.4. The number of carbonyl (C=O) groups excluding carboxylic acids is 1. The van der Waals surface area contributed by atoms with Gasteiger partial charge in [-0.3, -0.25) is 14.8 Å². The van der Waals surface area contributed by atoms with Gasteiger partial charge in [-0.2, -0.15) is 5.10 Å². The molecular formula is C22H27N3O3. The van der Waals surface area contributed by atoms with E-state index < -0.39 is 0 Å². The quantitative estimate of drug-likeness (QED) is 0.839. The molecule has 1 aromatic heterocycles. The maximum Gasteiger partial charge on any atom is 0.277 e. The molecule has 1 N–H and O–H groups in total. The number of nitrogens with zero attached hydrogens (tertiary/aromatic N) is 2. The highest BCUT2D eigenvalue weighted by Gasteiger charge is 2.45. The van der Waals surface area contributed by atoms with E-state index >= 15 is 0 Å². The molecule has 148 valence electrons. The van der Waals surface area contributed by atoms with E-state index in [1.807, 2.05) is 23.1 Å². The summed E-state index contributed by atoms with van der Waals surface area (Å²) in [6.07, 6.45) is 6.96. The Balaban J connectivity index is 1.59. The Bertz CT molecular complexity index is 898. The molecule has 2 aliphatic heterocycles. The van der Waals surface area contributed by atoms with Crippen molar-refractivity contribution in [2.24, 2.45) is 11.8 Å².